The highest BCUT2D eigenvalue weighted by Gasteiger charge is 2.31. The number of likely N-dealkylation sites (N-methyl/N-ethyl adjacent to an activating group) is 1. The first-order valence-corrected chi connectivity index (χ1v) is 5.24. The van der Waals surface area contributed by atoms with Crippen molar-refractivity contribution in [1.82, 2.24) is 4.90 Å². The maximum atomic E-state index is 12.0. The fraction of sp³-hybridized carbons (Fsp3) is 1.00. The number of halogens is 2. The summed E-state index contributed by atoms with van der Waals surface area (Å²) in [5.74, 6) is 0. The van der Waals surface area contributed by atoms with Crippen LogP contribution in [0.3, 0.4) is 0 Å². The van der Waals surface area contributed by atoms with E-state index in [-0.39, 0.29) is 18.2 Å². The maximum Gasteiger partial charge on any atom is 0.345 e. The summed E-state index contributed by atoms with van der Waals surface area (Å²) in [6.45, 7) is 2.38. The van der Waals surface area contributed by atoms with Crippen LogP contribution in [0.15, 0.2) is 0 Å². The standard InChI is InChI=1S/C10H19F2NO2/c1-7(2)14-6-8-4-9(5-13(8)3)15-10(11)12/h7-10H,4-6H2,1-3H3/t8-,9-/m1/s1. The molecule has 2 atom stereocenters. The molecule has 0 aromatic carbocycles. The Bertz CT molecular complexity index is 190. The topological polar surface area (TPSA) is 21.7 Å². The van der Waals surface area contributed by atoms with Gasteiger partial charge < -0.3 is 9.47 Å². The Morgan fingerprint density at radius 1 is 1.40 bits per heavy atom. The van der Waals surface area contributed by atoms with Gasteiger partial charge in [0, 0.05) is 12.6 Å². The lowest BCUT2D eigenvalue weighted by molar-refractivity contribution is -0.158. The zero-order valence-electron chi connectivity index (χ0n) is 9.45. The van der Waals surface area contributed by atoms with Crippen LogP contribution in [0, 0.1) is 0 Å². The highest BCUT2D eigenvalue weighted by molar-refractivity contribution is 4.83. The van der Waals surface area contributed by atoms with Gasteiger partial charge >= 0.3 is 6.61 Å². The molecule has 0 N–H and O–H groups in total. The Hall–Kier alpha value is -0.260. The molecule has 0 aliphatic carbocycles. The van der Waals surface area contributed by atoms with E-state index in [1.807, 2.05) is 25.8 Å². The van der Waals surface area contributed by atoms with Crippen LogP contribution >= 0.6 is 0 Å². The SMILES string of the molecule is CC(C)OC[C@H]1C[C@@H](OC(F)F)CN1C. The molecular formula is C10H19F2NO2. The molecule has 1 aliphatic rings. The quantitative estimate of drug-likeness (QED) is 0.708. The van der Waals surface area contributed by atoms with Crippen molar-refractivity contribution in [2.45, 2.75) is 45.1 Å². The van der Waals surface area contributed by atoms with Crippen molar-refractivity contribution in [3.05, 3.63) is 0 Å². The highest BCUT2D eigenvalue weighted by atomic mass is 19.3. The zero-order chi connectivity index (χ0) is 11.4. The van der Waals surface area contributed by atoms with Crippen LogP contribution in [0.25, 0.3) is 0 Å². The summed E-state index contributed by atoms with van der Waals surface area (Å²) in [7, 11) is 1.91. The monoisotopic (exact) mass is 223 g/mol. The smallest absolute Gasteiger partial charge is 0.345 e. The van der Waals surface area contributed by atoms with Gasteiger partial charge in [0.25, 0.3) is 0 Å². The van der Waals surface area contributed by atoms with Gasteiger partial charge in [0.05, 0.1) is 18.8 Å². The lowest BCUT2D eigenvalue weighted by Gasteiger charge is -2.19. The molecule has 90 valence electrons. The van der Waals surface area contributed by atoms with Crippen LogP contribution in [0.4, 0.5) is 8.78 Å². The Balaban J connectivity index is 2.29. The summed E-state index contributed by atoms with van der Waals surface area (Å²) in [5, 5.41) is 0. The van der Waals surface area contributed by atoms with Crippen LogP contribution in [0.1, 0.15) is 20.3 Å². The van der Waals surface area contributed by atoms with E-state index in [1.54, 1.807) is 0 Å². The van der Waals surface area contributed by atoms with E-state index in [0.717, 1.165) is 0 Å². The van der Waals surface area contributed by atoms with Crippen LogP contribution < -0.4 is 0 Å². The molecule has 0 bridgehead atoms. The average Bonchev–Trinajstić information content (AvgIpc) is 2.41. The molecule has 5 heteroatoms. The molecule has 1 aliphatic heterocycles. The Kier molecular flexibility index (Phi) is 4.89. The molecule has 0 saturated carbocycles. The van der Waals surface area contributed by atoms with Gasteiger partial charge in [-0.15, -0.1) is 0 Å². The summed E-state index contributed by atoms with van der Waals surface area (Å²) in [6.07, 6.45) is 0.428. The van der Waals surface area contributed by atoms with Gasteiger partial charge in [-0.1, -0.05) is 0 Å². The summed E-state index contributed by atoms with van der Waals surface area (Å²) in [6, 6.07) is 0.191. The van der Waals surface area contributed by atoms with E-state index in [0.29, 0.717) is 19.6 Å². The molecule has 1 heterocycles. The van der Waals surface area contributed by atoms with Gasteiger partial charge in [0.1, 0.15) is 0 Å². The predicted octanol–water partition coefficient (Wildman–Crippen LogP) is 1.72. The largest absolute Gasteiger partial charge is 0.377 e. The second kappa shape index (κ2) is 5.72. The molecule has 0 radical (unpaired) electrons. The van der Waals surface area contributed by atoms with E-state index < -0.39 is 6.61 Å². The molecule has 0 unspecified atom stereocenters. The normalized spacial score (nSPS) is 28.2. The first-order chi connectivity index (χ1) is 6.99. The number of nitrogens with zero attached hydrogens (tertiary/aromatic N) is 1. The second-order valence-corrected chi connectivity index (χ2v) is 4.23. The molecule has 0 spiro atoms. The lowest BCUT2D eigenvalue weighted by atomic mass is 10.2. The minimum atomic E-state index is -2.67. The first-order valence-electron chi connectivity index (χ1n) is 5.24. The van der Waals surface area contributed by atoms with Crippen molar-refractivity contribution >= 4 is 0 Å². The fourth-order valence-corrected chi connectivity index (χ4v) is 1.77. The zero-order valence-corrected chi connectivity index (χ0v) is 9.45. The Morgan fingerprint density at radius 2 is 2.07 bits per heavy atom. The molecule has 0 aromatic heterocycles. The molecule has 3 nitrogen and oxygen atoms in total. The molecule has 0 amide bonds. The van der Waals surface area contributed by atoms with Gasteiger partial charge in [-0.3, -0.25) is 4.90 Å². The van der Waals surface area contributed by atoms with Crippen molar-refractivity contribution in [3.8, 4) is 0 Å². The minimum absolute atomic E-state index is 0.175. The number of hydrogen-bond acceptors (Lipinski definition) is 3. The third kappa shape index (κ3) is 4.40. The molecule has 0 aromatic rings. The van der Waals surface area contributed by atoms with Gasteiger partial charge in [0.2, 0.25) is 0 Å². The van der Waals surface area contributed by atoms with E-state index >= 15 is 0 Å². The maximum absolute atomic E-state index is 12.0. The number of likely N-dealkylation sites (tertiary alicyclic amines) is 1. The predicted molar refractivity (Wildman–Crippen MR) is 53.0 cm³/mol. The van der Waals surface area contributed by atoms with E-state index in [1.165, 1.54) is 0 Å². The summed E-state index contributed by atoms with van der Waals surface area (Å²) < 4.78 is 33.9. The van der Waals surface area contributed by atoms with Gasteiger partial charge in [-0.2, -0.15) is 8.78 Å². The molecule has 15 heavy (non-hydrogen) atoms. The van der Waals surface area contributed by atoms with Crippen LogP contribution in [0.5, 0.6) is 0 Å². The fourth-order valence-electron chi connectivity index (χ4n) is 1.77. The Labute approximate surface area is 89.3 Å². The van der Waals surface area contributed by atoms with E-state index in [4.69, 9.17) is 4.74 Å². The lowest BCUT2D eigenvalue weighted by Crippen LogP contribution is -2.30. The van der Waals surface area contributed by atoms with Crippen molar-refractivity contribution < 1.29 is 18.3 Å². The first kappa shape index (κ1) is 12.8. The minimum Gasteiger partial charge on any atom is -0.377 e. The number of alkyl halides is 2. The van der Waals surface area contributed by atoms with E-state index in [2.05, 4.69) is 4.74 Å². The third-order valence-corrected chi connectivity index (χ3v) is 2.57. The van der Waals surface area contributed by atoms with Crippen molar-refractivity contribution in [3.63, 3.8) is 0 Å². The Morgan fingerprint density at radius 3 is 2.60 bits per heavy atom. The third-order valence-electron chi connectivity index (χ3n) is 2.57. The molecular weight excluding hydrogens is 204 g/mol. The van der Waals surface area contributed by atoms with Crippen LogP contribution in [-0.4, -0.2) is 50.0 Å². The summed E-state index contributed by atoms with van der Waals surface area (Å²) >= 11 is 0. The van der Waals surface area contributed by atoms with Crippen molar-refractivity contribution in [1.29, 1.82) is 0 Å². The van der Waals surface area contributed by atoms with Gasteiger partial charge in [-0.05, 0) is 27.3 Å². The summed E-state index contributed by atoms with van der Waals surface area (Å²) in [5.41, 5.74) is 0. The number of rotatable bonds is 5. The number of ether oxygens (including phenoxy) is 2. The molecule has 1 rings (SSSR count). The molecule has 1 saturated heterocycles. The van der Waals surface area contributed by atoms with Crippen molar-refractivity contribution in [2.75, 3.05) is 20.2 Å². The van der Waals surface area contributed by atoms with Crippen LogP contribution in [-0.2, 0) is 9.47 Å². The van der Waals surface area contributed by atoms with Gasteiger partial charge in [0.15, 0.2) is 0 Å². The molecule has 1 fully saturated rings. The van der Waals surface area contributed by atoms with E-state index in [9.17, 15) is 8.78 Å². The summed E-state index contributed by atoms with van der Waals surface area (Å²) in [4.78, 5) is 2.01. The average molecular weight is 223 g/mol. The van der Waals surface area contributed by atoms with Crippen molar-refractivity contribution in [2.24, 2.45) is 0 Å². The van der Waals surface area contributed by atoms with Crippen LogP contribution in [0.2, 0.25) is 0 Å². The highest BCUT2D eigenvalue weighted by Crippen LogP contribution is 2.20. The second-order valence-electron chi connectivity index (χ2n) is 4.23. The van der Waals surface area contributed by atoms with Gasteiger partial charge in [-0.25, -0.2) is 0 Å². The number of hydrogen-bond donors (Lipinski definition) is 0.